The maximum Gasteiger partial charge on any atom is 0.355 e. The van der Waals surface area contributed by atoms with Crippen molar-refractivity contribution >= 4 is 16.9 Å². The summed E-state index contributed by atoms with van der Waals surface area (Å²) in [5.74, 6) is -0.940. The van der Waals surface area contributed by atoms with Crippen LogP contribution in [0.2, 0.25) is 0 Å². The quantitative estimate of drug-likeness (QED) is 0.680. The molecule has 1 N–H and O–H groups in total. The number of aryl methyl sites for hydroxylation is 2. The molecule has 19 heavy (non-hydrogen) atoms. The number of hydrogen-bond donors (Lipinski definition) is 1. The van der Waals surface area contributed by atoms with Gasteiger partial charge >= 0.3 is 5.97 Å². The molecule has 0 amide bonds. The predicted octanol–water partition coefficient (Wildman–Crippen LogP) is 2.12. The van der Waals surface area contributed by atoms with Gasteiger partial charge in [-0.15, -0.1) is 0 Å². The predicted molar refractivity (Wildman–Crippen MR) is 67.7 cm³/mol. The van der Waals surface area contributed by atoms with Crippen LogP contribution in [0.3, 0.4) is 0 Å². The Bertz CT molecular complexity index is 622. The zero-order valence-corrected chi connectivity index (χ0v) is 11.0. The molecule has 0 radical (unpaired) electrons. The molecule has 0 aliphatic rings. The van der Waals surface area contributed by atoms with E-state index in [2.05, 4.69) is 9.97 Å². The highest BCUT2D eigenvalue weighted by Gasteiger charge is 2.19. The maximum absolute atomic E-state index is 14.0. The molecule has 5 nitrogen and oxygen atoms in total. The van der Waals surface area contributed by atoms with Crippen LogP contribution in [0, 0.1) is 19.7 Å². The first-order valence-electron chi connectivity index (χ1n) is 5.85. The van der Waals surface area contributed by atoms with E-state index in [1.54, 1.807) is 13.8 Å². The molecule has 0 fully saturated rings. The Morgan fingerprint density at radius 3 is 2.84 bits per heavy atom. The number of fused-ring (bicyclic) bond motifs is 1. The largest absolute Gasteiger partial charge is 0.459 e. The lowest BCUT2D eigenvalue weighted by molar-refractivity contribution is 0.0382. The molecule has 0 aliphatic carbocycles. The number of methoxy groups -OCH3 is 1. The normalized spacial score (nSPS) is 10.9. The van der Waals surface area contributed by atoms with Gasteiger partial charge in [-0.2, -0.15) is 0 Å². The number of H-pyrrole nitrogens is 1. The molecule has 0 saturated heterocycles. The number of esters is 1. The molecule has 2 rings (SSSR count). The Morgan fingerprint density at radius 1 is 1.42 bits per heavy atom. The van der Waals surface area contributed by atoms with Gasteiger partial charge in [0.05, 0.1) is 24.0 Å². The third-order valence-electron chi connectivity index (χ3n) is 2.93. The molecule has 0 aliphatic heterocycles. The van der Waals surface area contributed by atoms with Gasteiger partial charge in [-0.1, -0.05) is 0 Å². The first-order valence-corrected chi connectivity index (χ1v) is 5.85. The minimum absolute atomic E-state index is 0.157. The molecule has 0 atom stereocenters. The smallest absolute Gasteiger partial charge is 0.355 e. The summed E-state index contributed by atoms with van der Waals surface area (Å²) in [5.41, 5.74) is 1.56. The van der Waals surface area contributed by atoms with Crippen LogP contribution in [-0.4, -0.2) is 36.3 Å². The Labute approximate surface area is 109 Å². The summed E-state index contributed by atoms with van der Waals surface area (Å²) in [4.78, 5) is 18.6. The van der Waals surface area contributed by atoms with Gasteiger partial charge in [-0.3, -0.25) is 4.98 Å². The molecule has 0 unspecified atom stereocenters. The molecule has 0 bridgehead atoms. The molecule has 0 spiro atoms. The summed E-state index contributed by atoms with van der Waals surface area (Å²) < 4.78 is 23.8. The highest BCUT2D eigenvalue weighted by molar-refractivity contribution is 5.98. The summed E-state index contributed by atoms with van der Waals surface area (Å²) in [7, 11) is 1.52. The Morgan fingerprint density at radius 2 is 2.16 bits per heavy atom. The third-order valence-corrected chi connectivity index (χ3v) is 2.93. The van der Waals surface area contributed by atoms with Crippen molar-refractivity contribution in [1.82, 2.24) is 9.97 Å². The van der Waals surface area contributed by atoms with E-state index < -0.39 is 11.8 Å². The zero-order chi connectivity index (χ0) is 14.0. The number of carbonyl (C=O) groups is 1. The van der Waals surface area contributed by atoms with Gasteiger partial charge in [0, 0.05) is 12.5 Å². The van der Waals surface area contributed by atoms with Gasteiger partial charge in [0.2, 0.25) is 0 Å². The molecule has 2 aromatic rings. The van der Waals surface area contributed by atoms with Gasteiger partial charge in [-0.05, 0) is 19.4 Å². The number of pyridine rings is 1. The molecule has 0 saturated carbocycles. The first-order chi connectivity index (χ1) is 9.06. The van der Waals surface area contributed by atoms with Crippen molar-refractivity contribution in [2.75, 3.05) is 20.3 Å². The lowest BCUT2D eigenvalue weighted by Crippen LogP contribution is -2.11. The lowest BCUT2D eigenvalue weighted by atomic mass is 10.1. The fourth-order valence-electron chi connectivity index (χ4n) is 1.89. The van der Waals surface area contributed by atoms with E-state index in [9.17, 15) is 9.18 Å². The van der Waals surface area contributed by atoms with Crippen molar-refractivity contribution in [1.29, 1.82) is 0 Å². The average molecular weight is 266 g/mol. The van der Waals surface area contributed by atoms with Gasteiger partial charge in [0.1, 0.15) is 12.3 Å². The van der Waals surface area contributed by atoms with Crippen LogP contribution in [0.15, 0.2) is 6.20 Å². The molecular formula is C13H15FN2O3. The Balaban J connectivity index is 2.37. The minimum atomic E-state index is -0.525. The van der Waals surface area contributed by atoms with Crippen LogP contribution in [0.5, 0.6) is 0 Å². The number of hydrogen-bond acceptors (Lipinski definition) is 4. The second-order valence-corrected chi connectivity index (χ2v) is 4.20. The van der Waals surface area contributed by atoms with Gasteiger partial charge in [0.25, 0.3) is 0 Å². The number of carbonyl (C=O) groups excluding carboxylic acids is 1. The van der Waals surface area contributed by atoms with E-state index in [-0.39, 0.29) is 12.3 Å². The van der Waals surface area contributed by atoms with Crippen LogP contribution in [0.1, 0.15) is 21.7 Å². The number of aromatic nitrogens is 2. The van der Waals surface area contributed by atoms with Crippen LogP contribution in [-0.2, 0) is 9.47 Å². The fraction of sp³-hybridized carbons (Fsp3) is 0.385. The SMILES string of the molecule is COCCOC(=O)c1[nH]c2cnc(C)c(F)c2c1C. The molecule has 6 heteroatoms. The lowest BCUT2D eigenvalue weighted by Gasteiger charge is -2.03. The van der Waals surface area contributed by atoms with E-state index in [0.29, 0.717) is 28.8 Å². The maximum atomic E-state index is 14.0. The number of aromatic amines is 1. The summed E-state index contributed by atoms with van der Waals surface area (Å²) in [6.07, 6.45) is 1.51. The highest BCUT2D eigenvalue weighted by atomic mass is 19.1. The summed E-state index contributed by atoms with van der Waals surface area (Å²) >= 11 is 0. The van der Waals surface area contributed by atoms with Crippen LogP contribution in [0.25, 0.3) is 10.9 Å². The van der Waals surface area contributed by atoms with Crippen molar-refractivity contribution < 1.29 is 18.7 Å². The van der Waals surface area contributed by atoms with Crippen LogP contribution < -0.4 is 0 Å². The second kappa shape index (κ2) is 5.36. The van der Waals surface area contributed by atoms with Gasteiger partial charge < -0.3 is 14.5 Å². The fourth-order valence-corrected chi connectivity index (χ4v) is 1.89. The van der Waals surface area contributed by atoms with E-state index in [0.717, 1.165) is 0 Å². The van der Waals surface area contributed by atoms with Crippen molar-refractivity contribution in [2.45, 2.75) is 13.8 Å². The molecule has 102 valence electrons. The van der Waals surface area contributed by atoms with E-state index in [4.69, 9.17) is 9.47 Å². The first kappa shape index (κ1) is 13.5. The van der Waals surface area contributed by atoms with E-state index in [1.807, 2.05) is 0 Å². The van der Waals surface area contributed by atoms with Crippen molar-refractivity contribution in [3.05, 3.63) is 29.0 Å². The summed E-state index contributed by atoms with van der Waals surface area (Å²) in [6, 6.07) is 0. The van der Waals surface area contributed by atoms with Crippen LogP contribution in [0.4, 0.5) is 4.39 Å². The monoisotopic (exact) mass is 266 g/mol. The van der Waals surface area contributed by atoms with Crippen molar-refractivity contribution in [2.24, 2.45) is 0 Å². The average Bonchev–Trinajstić information content (AvgIpc) is 2.72. The summed E-state index contributed by atoms with van der Waals surface area (Å²) in [5, 5.41) is 0.381. The topological polar surface area (TPSA) is 64.2 Å². The number of rotatable bonds is 4. The highest BCUT2D eigenvalue weighted by Crippen LogP contribution is 2.25. The second-order valence-electron chi connectivity index (χ2n) is 4.20. The number of nitrogens with zero attached hydrogens (tertiary/aromatic N) is 1. The Hall–Kier alpha value is -1.95. The number of nitrogens with one attached hydrogen (secondary N) is 1. The van der Waals surface area contributed by atoms with Gasteiger partial charge in [-0.25, -0.2) is 9.18 Å². The number of halogens is 1. The molecule has 2 aromatic heterocycles. The van der Waals surface area contributed by atoms with Crippen molar-refractivity contribution in [3.8, 4) is 0 Å². The standard InChI is InChI=1S/C13H15FN2O3/c1-7-10-9(6-15-8(2)11(10)14)16-12(7)13(17)19-5-4-18-3/h6,16H,4-5H2,1-3H3. The van der Waals surface area contributed by atoms with E-state index >= 15 is 0 Å². The Kier molecular flexibility index (Phi) is 3.80. The van der Waals surface area contributed by atoms with Crippen molar-refractivity contribution in [3.63, 3.8) is 0 Å². The molecule has 0 aromatic carbocycles. The van der Waals surface area contributed by atoms with Crippen LogP contribution >= 0.6 is 0 Å². The third kappa shape index (κ3) is 2.44. The van der Waals surface area contributed by atoms with Gasteiger partial charge in [0.15, 0.2) is 5.82 Å². The molecule has 2 heterocycles. The van der Waals surface area contributed by atoms with E-state index in [1.165, 1.54) is 13.3 Å². The minimum Gasteiger partial charge on any atom is -0.459 e. The number of ether oxygens (including phenoxy) is 2. The zero-order valence-electron chi connectivity index (χ0n) is 11.0. The molecular weight excluding hydrogens is 251 g/mol. The summed E-state index contributed by atoms with van der Waals surface area (Å²) in [6.45, 7) is 3.73.